The third-order valence-electron chi connectivity index (χ3n) is 4.42. The van der Waals surface area contributed by atoms with Crippen LogP contribution in [-0.4, -0.2) is 23.1 Å². The van der Waals surface area contributed by atoms with Crippen LogP contribution >= 0.6 is 11.3 Å². The van der Waals surface area contributed by atoms with E-state index in [-0.39, 0.29) is 5.56 Å². The van der Waals surface area contributed by atoms with Crippen molar-refractivity contribution >= 4 is 28.4 Å². The number of thiazole rings is 1. The normalized spacial score (nSPS) is 14.2. The van der Waals surface area contributed by atoms with Crippen LogP contribution in [0.1, 0.15) is 29.8 Å². The Balaban J connectivity index is 1.66. The molecule has 26 heavy (non-hydrogen) atoms. The van der Waals surface area contributed by atoms with Gasteiger partial charge in [-0.25, -0.2) is 4.98 Å². The minimum atomic E-state index is -0.0655. The molecule has 6 heteroatoms. The molecule has 134 valence electrons. The summed E-state index contributed by atoms with van der Waals surface area (Å²) in [7, 11) is 1.64. The third-order valence-corrected chi connectivity index (χ3v) is 5.36. The molecule has 0 radical (unpaired) electrons. The number of methoxy groups -OCH3 is 1. The third kappa shape index (κ3) is 3.37. The van der Waals surface area contributed by atoms with Crippen LogP contribution in [0.25, 0.3) is 17.1 Å². The van der Waals surface area contributed by atoms with Crippen LogP contribution in [0.15, 0.2) is 34.4 Å². The zero-order valence-electron chi connectivity index (χ0n) is 14.8. The minimum absolute atomic E-state index is 0.0655. The maximum Gasteiger partial charge on any atom is 0.259 e. The Morgan fingerprint density at radius 3 is 2.96 bits per heavy atom. The molecule has 1 aliphatic rings. The molecule has 3 aromatic rings. The number of rotatable bonds is 6. The molecule has 1 fully saturated rings. The van der Waals surface area contributed by atoms with E-state index >= 15 is 0 Å². The van der Waals surface area contributed by atoms with E-state index in [0.29, 0.717) is 28.9 Å². The monoisotopic (exact) mass is 368 g/mol. The predicted molar refractivity (Wildman–Crippen MR) is 104 cm³/mol. The number of nitrogens with zero attached hydrogens (tertiary/aromatic N) is 2. The van der Waals surface area contributed by atoms with Crippen molar-refractivity contribution in [3.05, 3.63) is 57.0 Å². The molecule has 0 unspecified atom stereocenters. The van der Waals surface area contributed by atoms with E-state index < -0.39 is 0 Å². The second-order valence-electron chi connectivity index (χ2n) is 6.48. The fourth-order valence-corrected chi connectivity index (χ4v) is 3.68. The Labute approximate surface area is 155 Å². The summed E-state index contributed by atoms with van der Waals surface area (Å²) in [5.41, 5.74) is 2.38. The SMILES string of the molecule is COc1cccc(/C=C/c2cc(=O)n3c(C)csc3n2)c1OCC1CC1. The van der Waals surface area contributed by atoms with Gasteiger partial charge in [0.1, 0.15) is 0 Å². The van der Waals surface area contributed by atoms with Crippen molar-refractivity contribution < 1.29 is 9.47 Å². The van der Waals surface area contributed by atoms with Crippen molar-refractivity contribution in [3.63, 3.8) is 0 Å². The van der Waals surface area contributed by atoms with E-state index in [1.54, 1.807) is 17.6 Å². The van der Waals surface area contributed by atoms with Gasteiger partial charge < -0.3 is 9.47 Å². The fourth-order valence-electron chi connectivity index (χ4n) is 2.80. The highest BCUT2D eigenvalue weighted by Gasteiger charge is 2.23. The Morgan fingerprint density at radius 2 is 2.19 bits per heavy atom. The van der Waals surface area contributed by atoms with E-state index in [1.165, 1.54) is 24.2 Å². The maximum absolute atomic E-state index is 12.3. The lowest BCUT2D eigenvalue weighted by Gasteiger charge is -2.13. The maximum atomic E-state index is 12.3. The minimum Gasteiger partial charge on any atom is -0.493 e. The lowest BCUT2D eigenvalue weighted by molar-refractivity contribution is 0.280. The topological polar surface area (TPSA) is 52.8 Å². The number of aromatic nitrogens is 2. The molecule has 2 aromatic heterocycles. The van der Waals surface area contributed by atoms with Gasteiger partial charge in [0.15, 0.2) is 16.5 Å². The second kappa shape index (κ2) is 6.96. The van der Waals surface area contributed by atoms with E-state index in [0.717, 1.165) is 17.0 Å². The average Bonchev–Trinajstić information content (AvgIpc) is 3.40. The van der Waals surface area contributed by atoms with Crippen molar-refractivity contribution in [3.8, 4) is 11.5 Å². The summed E-state index contributed by atoms with van der Waals surface area (Å²) < 4.78 is 13.1. The molecule has 0 aliphatic heterocycles. The van der Waals surface area contributed by atoms with Gasteiger partial charge in [0, 0.05) is 22.7 Å². The summed E-state index contributed by atoms with van der Waals surface area (Å²) in [4.78, 5) is 17.5. The number of aryl methyl sites for hydroxylation is 1. The van der Waals surface area contributed by atoms with Crippen molar-refractivity contribution in [2.75, 3.05) is 13.7 Å². The first-order chi connectivity index (χ1) is 12.7. The first-order valence-electron chi connectivity index (χ1n) is 8.61. The highest BCUT2D eigenvalue weighted by molar-refractivity contribution is 7.15. The number of hydrogen-bond acceptors (Lipinski definition) is 5. The molecule has 0 spiro atoms. The number of benzene rings is 1. The fraction of sp³-hybridized carbons (Fsp3) is 0.300. The Kier molecular flexibility index (Phi) is 4.51. The zero-order chi connectivity index (χ0) is 18.1. The number of fused-ring (bicyclic) bond motifs is 1. The lowest BCUT2D eigenvalue weighted by atomic mass is 10.1. The van der Waals surface area contributed by atoms with E-state index in [9.17, 15) is 4.79 Å². The van der Waals surface area contributed by atoms with Crippen molar-refractivity contribution in [2.45, 2.75) is 19.8 Å². The number of para-hydroxylation sites is 1. The molecule has 0 saturated heterocycles. The van der Waals surface area contributed by atoms with Crippen molar-refractivity contribution in [2.24, 2.45) is 5.92 Å². The van der Waals surface area contributed by atoms with E-state index in [4.69, 9.17) is 9.47 Å². The molecule has 0 bridgehead atoms. The molecule has 1 saturated carbocycles. The Hall–Kier alpha value is -2.60. The standard InChI is InChI=1S/C20H20N2O3S/c1-13-12-26-20-21-16(10-18(23)22(13)20)9-8-15-4-3-5-17(24-2)19(15)25-11-14-6-7-14/h3-5,8-10,12,14H,6-7,11H2,1-2H3/b9-8+. The van der Waals surface area contributed by atoms with Gasteiger partial charge in [-0.2, -0.15) is 0 Å². The molecule has 1 aromatic carbocycles. The number of hydrogen-bond donors (Lipinski definition) is 0. The first-order valence-corrected chi connectivity index (χ1v) is 9.49. The van der Waals surface area contributed by atoms with Gasteiger partial charge in [0.25, 0.3) is 5.56 Å². The molecule has 0 amide bonds. The predicted octanol–water partition coefficient (Wildman–Crippen LogP) is 4.03. The lowest BCUT2D eigenvalue weighted by Crippen LogP contribution is -2.13. The van der Waals surface area contributed by atoms with Gasteiger partial charge in [-0.3, -0.25) is 9.20 Å². The first kappa shape index (κ1) is 16.8. The van der Waals surface area contributed by atoms with Crippen molar-refractivity contribution in [1.82, 2.24) is 9.38 Å². The summed E-state index contributed by atoms with van der Waals surface area (Å²) in [5.74, 6) is 2.11. The van der Waals surface area contributed by atoms with Crippen LogP contribution in [0.5, 0.6) is 11.5 Å². The Morgan fingerprint density at radius 1 is 1.35 bits per heavy atom. The second-order valence-corrected chi connectivity index (χ2v) is 7.32. The molecule has 4 rings (SSSR count). The van der Waals surface area contributed by atoms with Gasteiger partial charge >= 0.3 is 0 Å². The number of ether oxygens (including phenoxy) is 2. The molecule has 0 atom stereocenters. The van der Waals surface area contributed by atoms with Gasteiger partial charge in [0.05, 0.1) is 19.4 Å². The van der Waals surface area contributed by atoms with E-state index in [1.807, 2.05) is 42.7 Å². The smallest absolute Gasteiger partial charge is 0.259 e. The van der Waals surface area contributed by atoms with Crippen molar-refractivity contribution in [1.29, 1.82) is 0 Å². The summed E-state index contributed by atoms with van der Waals surface area (Å²) in [6.45, 7) is 2.61. The molecule has 5 nitrogen and oxygen atoms in total. The van der Waals surface area contributed by atoms with Crippen LogP contribution in [0.4, 0.5) is 0 Å². The van der Waals surface area contributed by atoms with Gasteiger partial charge in [-0.05, 0) is 43.9 Å². The Bertz CT molecular complexity index is 1030. The molecule has 2 heterocycles. The highest BCUT2D eigenvalue weighted by atomic mass is 32.1. The molecule has 0 N–H and O–H groups in total. The van der Waals surface area contributed by atoms with E-state index in [2.05, 4.69) is 4.98 Å². The molecule has 1 aliphatic carbocycles. The van der Waals surface area contributed by atoms with Crippen LogP contribution in [0, 0.1) is 12.8 Å². The zero-order valence-corrected chi connectivity index (χ0v) is 15.6. The summed E-state index contributed by atoms with van der Waals surface area (Å²) >= 11 is 1.46. The van der Waals surface area contributed by atoms with Crippen LogP contribution in [-0.2, 0) is 0 Å². The summed E-state index contributed by atoms with van der Waals surface area (Å²) in [5, 5.41) is 1.93. The molecular formula is C20H20N2O3S. The molecular weight excluding hydrogens is 348 g/mol. The van der Waals surface area contributed by atoms with Crippen LogP contribution in [0.2, 0.25) is 0 Å². The largest absolute Gasteiger partial charge is 0.493 e. The average molecular weight is 368 g/mol. The summed E-state index contributed by atoms with van der Waals surface area (Å²) in [6.07, 6.45) is 6.22. The quantitative estimate of drug-likeness (QED) is 0.659. The van der Waals surface area contributed by atoms with Crippen LogP contribution in [0.3, 0.4) is 0 Å². The summed E-state index contributed by atoms with van der Waals surface area (Å²) in [6, 6.07) is 7.34. The van der Waals surface area contributed by atoms with Gasteiger partial charge in [-0.1, -0.05) is 12.1 Å². The van der Waals surface area contributed by atoms with Crippen LogP contribution < -0.4 is 15.0 Å². The van der Waals surface area contributed by atoms with Gasteiger partial charge in [0.2, 0.25) is 0 Å². The van der Waals surface area contributed by atoms with Gasteiger partial charge in [-0.15, -0.1) is 11.3 Å². The highest BCUT2D eigenvalue weighted by Crippen LogP contribution is 2.35.